The molecule has 6 nitrogen and oxygen atoms in total. The third kappa shape index (κ3) is 3.32. The van der Waals surface area contributed by atoms with Crippen molar-refractivity contribution in [1.82, 2.24) is 24.5 Å². The SMILES string of the molecule is CCN(CC)CCn1nc(C)c2cnn(-c3ccc(F)cc3)c2c1=O. The van der Waals surface area contributed by atoms with Gasteiger partial charge >= 0.3 is 0 Å². The molecule has 0 saturated heterocycles. The Morgan fingerprint density at radius 1 is 1.16 bits per heavy atom. The van der Waals surface area contributed by atoms with E-state index in [1.807, 2.05) is 6.92 Å². The van der Waals surface area contributed by atoms with Crippen LogP contribution in [-0.4, -0.2) is 44.1 Å². The van der Waals surface area contributed by atoms with Crippen molar-refractivity contribution >= 4 is 10.9 Å². The molecule has 0 N–H and O–H groups in total. The van der Waals surface area contributed by atoms with Crippen molar-refractivity contribution in [3.8, 4) is 5.69 Å². The Bertz CT molecular complexity index is 925. The summed E-state index contributed by atoms with van der Waals surface area (Å²) in [5, 5.41) is 9.46. The zero-order valence-electron chi connectivity index (χ0n) is 14.7. The molecular weight excluding hydrogens is 321 g/mol. The van der Waals surface area contributed by atoms with Crippen molar-refractivity contribution in [1.29, 1.82) is 0 Å². The van der Waals surface area contributed by atoms with E-state index in [0.29, 0.717) is 23.1 Å². The molecule has 3 aromatic rings. The molecular formula is C18H22FN5O. The summed E-state index contributed by atoms with van der Waals surface area (Å²) >= 11 is 0. The first-order valence-electron chi connectivity index (χ1n) is 8.48. The van der Waals surface area contributed by atoms with Crippen LogP contribution in [0.1, 0.15) is 19.5 Å². The van der Waals surface area contributed by atoms with Crippen LogP contribution in [-0.2, 0) is 6.54 Å². The predicted octanol–water partition coefficient (Wildman–Crippen LogP) is 2.37. The number of halogens is 1. The van der Waals surface area contributed by atoms with E-state index in [-0.39, 0.29) is 11.4 Å². The number of benzene rings is 1. The molecule has 0 aliphatic heterocycles. The largest absolute Gasteiger partial charge is 0.302 e. The van der Waals surface area contributed by atoms with Crippen molar-refractivity contribution in [2.24, 2.45) is 0 Å². The summed E-state index contributed by atoms with van der Waals surface area (Å²) in [7, 11) is 0. The van der Waals surface area contributed by atoms with Gasteiger partial charge in [0.15, 0.2) is 0 Å². The quantitative estimate of drug-likeness (QED) is 0.689. The van der Waals surface area contributed by atoms with E-state index in [2.05, 4.69) is 28.9 Å². The van der Waals surface area contributed by atoms with Gasteiger partial charge in [0.05, 0.1) is 24.1 Å². The van der Waals surface area contributed by atoms with Crippen LogP contribution in [0.25, 0.3) is 16.6 Å². The molecule has 2 heterocycles. The average molecular weight is 343 g/mol. The Balaban J connectivity index is 2.07. The topological polar surface area (TPSA) is 56.0 Å². The lowest BCUT2D eigenvalue weighted by molar-refractivity contribution is 0.282. The fourth-order valence-electron chi connectivity index (χ4n) is 2.93. The molecule has 0 aliphatic rings. The highest BCUT2D eigenvalue weighted by Crippen LogP contribution is 2.17. The Hall–Kier alpha value is -2.54. The van der Waals surface area contributed by atoms with E-state index in [4.69, 9.17) is 0 Å². The van der Waals surface area contributed by atoms with Gasteiger partial charge in [-0.3, -0.25) is 4.79 Å². The third-order valence-electron chi connectivity index (χ3n) is 4.46. The number of fused-ring (bicyclic) bond motifs is 1. The molecule has 0 spiro atoms. The van der Waals surface area contributed by atoms with Crippen LogP contribution in [0.4, 0.5) is 4.39 Å². The predicted molar refractivity (Wildman–Crippen MR) is 95.6 cm³/mol. The molecule has 25 heavy (non-hydrogen) atoms. The van der Waals surface area contributed by atoms with Gasteiger partial charge in [-0.15, -0.1) is 0 Å². The van der Waals surface area contributed by atoms with E-state index in [1.54, 1.807) is 23.0 Å². The summed E-state index contributed by atoms with van der Waals surface area (Å²) in [5.74, 6) is -0.324. The minimum atomic E-state index is -0.324. The molecule has 2 aromatic heterocycles. The Morgan fingerprint density at radius 2 is 1.84 bits per heavy atom. The smallest absolute Gasteiger partial charge is 0.293 e. The number of rotatable bonds is 6. The van der Waals surface area contributed by atoms with E-state index in [9.17, 15) is 9.18 Å². The summed E-state index contributed by atoms with van der Waals surface area (Å²) in [6.07, 6.45) is 1.64. The summed E-state index contributed by atoms with van der Waals surface area (Å²) in [6, 6.07) is 5.93. The van der Waals surface area contributed by atoms with E-state index in [1.165, 1.54) is 16.8 Å². The lowest BCUT2D eigenvalue weighted by Gasteiger charge is -2.18. The summed E-state index contributed by atoms with van der Waals surface area (Å²) in [5.41, 5.74) is 1.69. The first-order chi connectivity index (χ1) is 12.0. The standard InChI is InChI=1S/C18H22FN5O/c1-4-22(5-2)10-11-23-18(25)17-16(13(3)21-23)12-20-24(17)15-8-6-14(19)7-9-15/h6-9,12H,4-5,10-11H2,1-3H3. The number of nitrogens with zero attached hydrogens (tertiary/aromatic N) is 5. The lowest BCUT2D eigenvalue weighted by Crippen LogP contribution is -2.33. The van der Waals surface area contributed by atoms with Crippen molar-refractivity contribution in [3.63, 3.8) is 0 Å². The fourth-order valence-corrected chi connectivity index (χ4v) is 2.93. The van der Waals surface area contributed by atoms with Gasteiger partial charge in [-0.2, -0.15) is 10.2 Å². The highest BCUT2D eigenvalue weighted by Gasteiger charge is 2.15. The molecule has 7 heteroatoms. The molecule has 0 bridgehead atoms. The van der Waals surface area contributed by atoms with Gasteiger partial charge in [-0.1, -0.05) is 13.8 Å². The lowest BCUT2D eigenvalue weighted by atomic mass is 10.2. The molecule has 0 amide bonds. The van der Waals surface area contributed by atoms with Gasteiger partial charge in [0.1, 0.15) is 11.3 Å². The minimum absolute atomic E-state index is 0.186. The monoisotopic (exact) mass is 343 g/mol. The summed E-state index contributed by atoms with van der Waals surface area (Å²) in [6.45, 7) is 9.20. The Kier molecular flexibility index (Phi) is 4.94. The molecule has 1 aromatic carbocycles. The van der Waals surface area contributed by atoms with Crippen LogP contribution in [0.3, 0.4) is 0 Å². The van der Waals surface area contributed by atoms with Crippen LogP contribution in [0.2, 0.25) is 0 Å². The Labute approximate surface area is 145 Å². The second-order valence-electron chi connectivity index (χ2n) is 5.94. The van der Waals surface area contributed by atoms with Gasteiger partial charge in [-0.25, -0.2) is 13.8 Å². The third-order valence-corrected chi connectivity index (χ3v) is 4.46. The summed E-state index contributed by atoms with van der Waals surface area (Å²) in [4.78, 5) is 15.2. The van der Waals surface area contributed by atoms with Gasteiger partial charge in [0.2, 0.25) is 0 Å². The first kappa shape index (κ1) is 17.3. The second kappa shape index (κ2) is 7.14. The molecule has 0 radical (unpaired) electrons. The van der Waals surface area contributed by atoms with Crippen LogP contribution >= 0.6 is 0 Å². The van der Waals surface area contributed by atoms with Crippen molar-refractivity contribution in [3.05, 3.63) is 52.3 Å². The maximum absolute atomic E-state index is 13.2. The van der Waals surface area contributed by atoms with E-state index < -0.39 is 0 Å². The number of hydrogen-bond donors (Lipinski definition) is 0. The maximum Gasteiger partial charge on any atom is 0.293 e. The number of aryl methyl sites for hydroxylation is 1. The van der Waals surface area contributed by atoms with Crippen LogP contribution in [0.5, 0.6) is 0 Å². The molecule has 3 rings (SSSR count). The van der Waals surface area contributed by atoms with Gasteiger partial charge in [0, 0.05) is 11.9 Å². The van der Waals surface area contributed by atoms with Crippen LogP contribution < -0.4 is 5.56 Å². The average Bonchev–Trinajstić information content (AvgIpc) is 3.06. The van der Waals surface area contributed by atoms with Crippen molar-refractivity contribution < 1.29 is 4.39 Å². The highest BCUT2D eigenvalue weighted by molar-refractivity contribution is 5.81. The number of aromatic nitrogens is 4. The van der Waals surface area contributed by atoms with Crippen molar-refractivity contribution in [2.75, 3.05) is 19.6 Å². The molecule has 0 atom stereocenters. The van der Waals surface area contributed by atoms with Crippen LogP contribution in [0, 0.1) is 12.7 Å². The van der Waals surface area contributed by atoms with Gasteiger partial charge < -0.3 is 4.90 Å². The molecule has 0 saturated carbocycles. The first-order valence-corrected chi connectivity index (χ1v) is 8.48. The van der Waals surface area contributed by atoms with Gasteiger partial charge in [0.25, 0.3) is 5.56 Å². The molecule has 0 aliphatic carbocycles. The maximum atomic E-state index is 13.2. The van der Waals surface area contributed by atoms with Crippen LogP contribution in [0.15, 0.2) is 35.3 Å². The number of hydrogen-bond acceptors (Lipinski definition) is 4. The van der Waals surface area contributed by atoms with E-state index in [0.717, 1.165) is 25.3 Å². The normalized spacial score (nSPS) is 11.6. The van der Waals surface area contributed by atoms with Gasteiger partial charge in [-0.05, 0) is 44.3 Å². The number of likely N-dealkylation sites (N-methyl/N-ethyl adjacent to an activating group) is 1. The zero-order valence-corrected chi connectivity index (χ0v) is 14.7. The Morgan fingerprint density at radius 3 is 2.48 bits per heavy atom. The highest BCUT2D eigenvalue weighted by atomic mass is 19.1. The molecule has 0 fully saturated rings. The van der Waals surface area contributed by atoms with Crippen molar-refractivity contribution in [2.45, 2.75) is 27.3 Å². The second-order valence-corrected chi connectivity index (χ2v) is 5.94. The molecule has 132 valence electrons. The van der Waals surface area contributed by atoms with E-state index >= 15 is 0 Å². The zero-order chi connectivity index (χ0) is 18.0. The molecule has 0 unspecified atom stereocenters. The minimum Gasteiger partial charge on any atom is -0.302 e. The fraction of sp³-hybridized carbons (Fsp3) is 0.389. The summed E-state index contributed by atoms with van der Waals surface area (Å²) < 4.78 is 16.2.